The highest BCUT2D eigenvalue weighted by molar-refractivity contribution is 5.19. The topological polar surface area (TPSA) is 24.5 Å². The molecule has 100 valence electrons. The number of likely N-dealkylation sites (tertiary alicyclic amines) is 1. The second-order valence-electron chi connectivity index (χ2n) is 5.00. The van der Waals surface area contributed by atoms with Crippen LogP contribution in [0.2, 0.25) is 0 Å². The average Bonchev–Trinajstić information content (AvgIpc) is 2.85. The number of methoxy groups -OCH3 is 1. The largest absolute Gasteiger partial charge is 0.383 e. The van der Waals surface area contributed by atoms with Gasteiger partial charge in [-0.3, -0.25) is 4.90 Å². The fourth-order valence-electron chi connectivity index (χ4n) is 2.80. The summed E-state index contributed by atoms with van der Waals surface area (Å²) in [5, 5.41) is 3.43. The lowest BCUT2D eigenvalue weighted by Crippen LogP contribution is -2.39. The third-order valence-corrected chi connectivity index (χ3v) is 3.83. The van der Waals surface area contributed by atoms with Crippen molar-refractivity contribution in [1.82, 2.24) is 10.2 Å². The van der Waals surface area contributed by atoms with E-state index in [1.54, 1.807) is 7.11 Å². The van der Waals surface area contributed by atoms with Crippen LogP contribution in [0.5, 0.6) is 0 Å². The molecule has 1 aliphatic rings. The van der Waals surface area contributed by atoms with E-state index in [4.69, 9.17) is 4.74 Å². The molecule has 0 radical (unpaired) electrons. The van der Waals surface area contributed by atoms with E-state index in [1.165, 1.54) is 24.9 Å². The molecule has 0 aliphatic carbocycles. The molecular formula is C15H24N2O. The van der Waals surface area contributed by atoms with Crippen molar-refractivity contribution in [3.8, 4) is 0 Å². The van der Waals surface area contributed by atoms with Gasteiger partial charge in [0.2, 0.25) is 0 Å². The summed E-state index contributed by atoms with van der Waals surface area (Å²) in [7, 11) is 3.84. The number of ether oxygens (including phenoxy) is 1. The van der Waals surface area contributed by atoms with E-state index in [0.717, 1.165) is 13.2 Å². The van der Waals surface area contributed by atoms with E-state index in [2.05, 4.69) is 40.5 Å². The molecule has 1 fully saturated rings. The lowest BCUT2D eigenvalue weighted by atomic mass is 10.1. The molecule has 0 aromatic heterocycles. The zero-order valence-electron chi connectivity index (χ0n) is 11.4. The number of hydrogen-bond acceptors (Lipinski definition) is 3. The van der Waals surface area contributed by atoms with Gasteiger partial charge in [-0.2, -0.15) is 0 Å². The summed E-state index contributed by atoms with van der Waals surface area (Å²) in [6, 6.07) is 11.7. The molecule has 0 saturated carbocycles. The maximum absolute atomic E-state index is 5.31. The van der Waals surface area contributed by atoms with Crippen molar-refractivity contribution in [2.75, 3.05) is 33.9 Å². The van der Waals surface area contributed by atoms with Crippen LogP contribution in [0.3, 0.4) is 0 Å². The predicted molar refractivity (Wildman–Crippen MR) is 74.7 cm³/mol. The summed E-state index contributed by atoms with van der Waals surface area (Å²) in [5.41, 5.74) is 1.36. The molecule has 1 saturated heterocycles. The summed E-state index contributed by atoms with van der Waals surface area (Å²) in [6.45, 7) is 3.11. The van der Waals surface area contributed by atoms with Crippen LogP contribution in [0.25, 0.3) is 0 Å². The van der Waals surface area contributed by atoms with Gasteiger partial charge < -0.3 is 10.1 Å². The lowest BCUT2D eigenvalue weighted by Gasteiger charge is -2.28. The second kappa shape index (κ2) is 6.88. The summed E-state index contributed by atoms with van der Waals surface area (Å²) in [4.78, 5) is 2.55. The highest BCUT2D eigenvalue weighted by Crippen LogP contribution is 2.22. The SMILES string of the molecule is CN[C@H](CN1CCC[C@H]1COC)c1ccccc1. The van der Waals surface area contributed by atoms with Crippen LogP contribution in [0, 0.1) is 0 Å². The molecule has 2 rings (SSSR count). The first-order valence-corrected chi connectivity index (χ1v) is 6.80. The summed E-state index contributed by atoms with van der Waals surface area (Å²) in [6.07, 6.45) is 2.55. The first-order valence-electron chi connectivity index (χ1n) is 6.80. The van der Waals surface area contributed by atoms with Gasteiger partial charge in [-0.15, -0.1) is 0 Å². The van der Waals surface area contributed by atoms with Crippen molar-refractivity contribution in [1.29, 1.82) is 0 Å². The van der Waals surface area contributed by atoms with Crippen LogP contribution in [0.1, 0.15) is 24.4 Å². The molecule has 2 atom stereocenters. The Balaban J connectivity index is 1.98. The van der Waals surface area contributed by atoms with Crippen LogP contribution in [0.4, 0.5) is 0 Å². The van der Waals surface area contributed by atoms with E-state index in [-0.39, 0.29) is 0 Å². The third kappa shape index (κ3) is 3.31. The van der Waals surface area contributed by atoms with E-state index < -0.39 is 0 Å². The summed E-state index contributed by atoms with van der Waals surface area (Å²) in [5.74, 6) is 0. The van der Waals surface area contributed by atoms with Crippen LogP contribution in [-0.4, -0.2) is 44.8 Å². The Morgan fingerprint density at radius 3 is 2.83 bits per heavy atom. The molecule has 3 heteroatoms. The van der Waals surface area contributed by atoms with Crippen molar-refractivity contribution >= 4 is 0 Å². The van der Waals surface area contributed by atoms with Gasteiger partial charge in [-0.25, -0.2) is 0 Å². The van der Waals surface area contributed by atoms with Crippen molar-refractivity contribution in [3.05, 3.63) is 35.9 Å². The molecule has 1 aromatic rings. The van der Waals surface area contributed by atoms with Crippen molar-refractivity contribution in [3.63, 3.8) is 0 Å². The first-order chi connectivity index (χ1) is 8.85. The van der Waals surface area contributed by atoms with Gasteiger partial charge in [0.05, 0.1) is 6.61 Å². The first kappa shape index (κ1) is 13.5. The van der Waals surface area contributed by atoms with Gasteiger partial charge in [0.15, 0.2) is 0 Å². The quantitative estimate of drug-likeness (QED) is 0.834. The standard InChI is InChI=1S/C15H24N2O/c1-16-15(13-7-4-3-5-8-13)11-17-10-6-9-14(17)12-18-2/h3-5,7-8,14-16H,6,9-12H2,1-2H3/t14-,15+/m0/s1. The summed E-state index contributed by atoms with van der Waals surface area (Å²) >= 11 is 0. The number of rotatable bonds is 6. The molecule has 0 unspecified atom stereocenters. The zero-order chi connectivity index (χ0) is 12.8. The van der Waals surface area contributed by atoms with Gasteiger partial charge >= 0.3 is 0 Å². The maximum Gasteiger partial charge on any atom is 0.0618 e. The Hall–Kier alpha value is -0.900. The van der Waals surface area contributed by atoms with Gasteiger partial charge in [-0.05, 0) is 32.0 Å². The van der Waals surface area contributed by atoms with Crippen LogP contribution >= 0.6 is 0 Å². The average molecular weight is 248 g/mol. The Labute approximate surface area is 110 Å². The lowest BCUT2D eigenvalue weighted by molar-refractivity contribution is 0.110. The van der Waals surface area contributed by atoms with Crippen LogP contribution < -0.4 is 5.32 Å². The second-order valence-corrected chi connectivity index (χ2v) is 5.00. The Morgan fingerprint density at radius 2 is 2.17 bits per heavy atom. The molecule has 0 bridgehead atoms. The number of nitrogens with one attached hydrogen (secondary N) is 1. The van der Waals surface area contributed by atoms with E-state index in [1.807, 2.05) is 7.05 Å². The number of nitrogens with zero attached hydrogens (tertiary/aromatic N) is 1. The van der Waals surface area contributed by atoms with Gasteiger partial charge in [0, 0.05) is 25.7 Å². The normalized spacial score (nSPS) is 22.2. The van der Waals surface area contributed by atoms with E-state index in [9.17, 15) is 0 Å². The number of hydrogen-bond donors (Lipinski definition) is 1. The molecule has 1 N–H and O–H groups in total. The van der Waals surface area contributed by atoms with Gasteiger partial charge in [0.25, 0.3) is 0 Å². The molecule has 1 aromatic carbocycles. The van der Waals surface area contributed by atoms with Gasteiger partial charge in [0.1, 0.15) is 0 Å². The van der Waals surface area contributed by atoms with Crippen molar-refractivity contribution < 1.29 is 4.74 Å². The van der Waals surface area contributed by atoms with Crippen molar-refractivity contribution in [2.24, 2.45) is 0 Å². The molecular weight excluding hydrogens is 224 g/mol. The maximum atomic E-state index is 5.31. The van der Waals surface area contributed by atoms with E-state index >= 15 is 0 Å². The highest BCUT2D eigenvalue weighted by atomic mass is 16.5. The smallest absolute Gasteiger partial charge is 0.0618 e. The molecule has 0 spiro atoms. The van der Waals surface area contributed by atoms with Gasteiger partial charge in [-0.1, -0.05) is 30.3 Å². The zero-order valence-corrected chi connectivity index (χ0v) is 11.4. The molecule has 0 amide bonds. The Bertz CT molecular complexity index is 342. The predicted octanol–water partition coefficient (Wildman–Crippen LogP) is 2.06. The summed E-state index contributed by atoms with van der Waals surface area (Å²) < 4.78 is 5.31. The van der Waals surface area contributed by atoms with E-state index in [0.29, 0.717) is 12.1 Å². The Kier molecular flexibility index (Phi) is 5.17. The number of benzene rings is 1. The molecule has 18 heavy (non-hydrogen) atoms. The number of likely N-dealkylation sites (N-methyl/N-ethyl adjacent to an activating group) is 1. The minimum Gasteiger partial charge on any atom is -0.383 e. The molecule has 3 nitrogen and oxygen atoms in total. The fraction of sp³-hybridized carbons (Fsp3) is 0.600. The highest BCUT2D eigenvalue weighted by Gasteiger charge is 2.26. The molecule has 1 aliphatic heterocycles. The minimum atomic E-state index is 0.406. The minimum absolute atomic E-state index is 0.406. The van der Waals surface area contributed by atoms with Crippen LogP contribution in [0.15, 0.2) is 30.3 Å². The Morgan fingerprint density at radius 1 is 1.39 bits per heavy atom. The molecule has 1 heterocycles. The monoisotopic (exact) mass is 248 g/mol. The van der Waals surface area contributed by atoms with Crippen LogP contribution in [-0.2, 0) is 4.74 Å². The van der Waals surface area contributed by atoms with Crippen molar-refractivity contribution in [2.45, 2.75) is 24.9 Å². The fourth-order valence-corrected chi connectivity index (χ4v) is 2.80. The third-order valence-electron chi connectivity index (χ3n) is 3.83.